The van der Waals surface area contributed by atoms with E-state index in [1.165, 1.54) is 6.20 Å². The minimum absolute atomic E-state index is 0.0690. The van der Waals surface area contributed by atoms with E-state index in [4.69, 9.17) is 21.1 Å². The Hall–Kier alpha value is -2.67. The highest BCUT2D eigenvalue weighted by Crippen LogP contribution is 2.31. The van der Waals surface area contributed by atoms with Gasteiger partial charge in [0, 0.05) is 49.6 Å². The van der Waals surface area contributed by atoms with Crippen LogP contribution in [0.4, 0.5) is 19.6 Å². The molecule has 0 aliphatic rings. The minimum atomic E-state index is -4.43. The van der Waals surface area contributed by atoms with Crippen LogP contribution in [0.2, 0.25) is 4.34 Å². The van der Waals surface area contributed by atoms with Crippen LogP contribution in [0.15, 0.2) is 41.4 Å². The zero-order valence-electron chi connectivity index (χ0n) is 19.3. The second-order valence-corrected chi connectivity index (χ2v) is 10.7. The SMILES string of the molecule is CCNCCN(C)c1cc(OC)ccc1COc1cc(F)c(S(=O)(=O)Nc2ncc(Cl)s2)cc1F. The molecular weight excluding hydrogens is 522 g/mol. The van der Waals surface area contributed by atoms with Crippen molar-refractivity contribution in [3.05, 3.63) is 58.1 Å². The Labute approximate surface area is 211 Å². The van der Waals surface area contributed by atoms with Gasteiger partial charge in [0.2, 0.25) is 0 Å². The van der Waals surface area contributed by atoms with Gasteiger partial charge in [-0.05, 0) is 18.7 Å². The van der Waals surface area contributed by atoms with E-state index < -0.39 is 32.3 Å². The van der Waals surface area contributed by atoms with E-state index >= 15 is 0 Å². The maximum Gasteiger partial charge on any atom is 0.266 e. The number of thiazole rings is 1. The minimum Gasteiger partial charge on any atom is -0.497 e. The third-order valence-electron chi connectivity index (χ3n) is 4.94. The summed E-state index contributed by atoms with van der Waals surface area (Å²) in [6, 6.07) is 6.61. The fourth-order valence-corrected chi connectivity index (χ4v) is 5.27. The summed E-state index contributed by atoms with van der Waals surface area (Å²) >= 11 is 6.58. The van der Waals surface area contributed by atoms with Crippen molar-refractivity contribution in [1.82, 2.24) is 10.3 Å². The smallest absolute Gasteiger partial charge is 0.266 e. The molecule has 0 saturated heterocycles. The van der Waals surface area contributed by atoms with Crippen LogP contribution in [0.3, 0.4) is 0 Å². The van der Waals surface area contributed by atoms with Crippen LogP contribution in [0.5, 0.6) is 11.5 Å². The largest absolute Gasteiger partial charge is 0.497 e. The summed E-state index contributed by atoms with van der Waals surface area (Å²) in [4.78, 5) is 4.88. The summed E-state index contributed by atoms with van der Waals surface area (Å²) in [6.07, 6.45) is 1.24. The first-order valence-electron chi connectivity index (χ1n) is 10.5. The van der Waals surface area contributed by atoms with Gasteiger partial charge in [-0.3, -0.25) is 4.72 Å². The van der Waals surface area contributed by atoms with Gasteiger partial charge in [0.25, 0.3) is 10.0 Å². The van der Waals surface area contributed by atoms with Gasteiger partial charge in [-0.2, -0.15) is 0 Å². The lowest BCUT2D eigenvalue weighted by Crippen LogP contribution is -2.29. The second-order valence-electron chi connectivity index (χ2n) is 7.35. The van der Waals surface area contributed by atoms with Crippen molar-refractivity contribution in [2.45, 2.75) is 18.4 Å². The van der Waals surface area contributed by atoms with E-state index in [2.05, 4.69) is 15.0 Å². The van der Waals surface area contributed by atoms with Gasteiger partial charge >= 0.3 is 0 Å². The summed E-state index contributed by atoms with van der Waals surface area (Å²) in [5.41, 5.74) is 1.51. The average Bonchev–Trinajstić information content (AvgIpc) is 3.22. The lowest BCUT2D eigenvalue weighted by atomic mass is 10.1. The van der Waals surface area contributed by atoms with Crippen LogP contribution in [-0.4, -0.2) is 47.2 Å². The number of methoxy groups -OCH3 is 1. The van der Waals surface area contributed by atoms with Crippen molar-refractivity contribution in [2.24, 2.45) is 0 Å². The Morgan fingerprint density at radius 2 is 1.97 bits per heavy atom. The highest BCUT2D eigenvalue weighted by molar-refractivity contribution is 7.93. The second kappa shape index (κ2) is 11.8. The first-order valence-corrected chi connectivity index (χ1v) is 13.2. The molecule has 1 aromatic heterocycles. The van der Waals surface area contributed by atoms with E-state index in [9.17, 15) is 17.2 Å². The number of rotatable bonds is 12. The lowest BCUT2D eigenvalue weighted by Gasteiger charge is -2.23. The molecule has 0 amide bonds. The molecule has 2 aromatic carbocycles. The Morgan fingerprint density at radius 1 is 1.20 bits per heavy atom. The van der Waals surface area contributed by atoms with Crippen LogP contribution < -0.4 is 24.4 Å². The maximum atomic E-state index is 14.7. The molecule has 3 aromatic rings. The Balaban J connectivity index is 1.80. The molecule has 0 atom stereocenters. The molecule has 0 aliphatic carbocycles. The highest BCUT2D eigenvalue weighted by Gasteiger charge is 2.24. The normalized spacial score (nSPS) is 11.4. The Morgan fingerprint density at radius 3 is 2.63 bits per heavy atom. The van der Waals surface area contributed by atoms with Gasteiger partial charge < -0.3 is 19.7 Å². The number of ether oxygens (including phenoxy) is 2. The molecule has 13 heteroatoms. The van der Waals surface area contributed by atoms with Gasteiger partial charge in [0.15, 0.2) is 16.7 Å². The first-order chi connectivity index (χ1) is 16.6. The molecule has 0 fully saturated rings. The molecule has 0 saturated carbocycles. The summed E-state index contributed by atoms with van der Waals surface area (Å²) < 4.78 is 67.6. The van der Waals surface area contributed by atoms with Gasteiger partial charge in [-0.15, -0.1) is 0 Å². The molecule has 2 N–H and O–H groups in total. The molecule has 0 radical (unpaired) electrons. The van der Waals surface area contributed by atoms with Crippen LogP contribution in [0, 0.1) is 11.6 Å². The zero-order valence-corrected chi connectivity index (χ0v) is 21.7. The molecular formula is C22H25ClF2N4O4S2. The quantitative estimate of drug-likeness (QED) is 0.323. The van der Waals surface area contributed by atoms with Crippen molar-refractivity contribution in [2.75, 3.05) is 43.4 Å². The van der Waals surface area contributed by atoms with Gasteiger partial charge in [-0.25, -0.2) is 22.2 Å². The van der Waals surface area contributed by atoms with Crippen molar-refractivity contribution in [1.29, 1.82) is 0 Å². The monoisotopic (exact) mass is 546 g/mol. The lowest BCUT2D eigenvalue weighted by molar-refractivity contribution is 0.287. The molecule has 0 unspecified atom stereocenters. The van der Waals surface area contributed by atoms with Crippen molar-refractivity contribution in [3.63, 3.8) is 0 Å². The number of hydrogen-bond acceptors (Lipinski definition) is 8. The van der Waals surface area contributed by atoms with Gasteiger partial charge in [0.05, 0.1) is 13.3 Å². The standard InChI is InChI=1S/C22H25ClF2N4O4S2/c1-4-26-7-8-29(2)18-9-15(32-3)6-5-14(18)13-33-19-10-17(25)20(11-16(19)24)35(30,31)28-22-27-12-21(23)34-22/h5-6,9-12,26H,4,7-8,13H2,1-3H3,(H,27,28). The van der Waals surface area contributed by atoms with Crippen molar-refractivity contribution < 1.29 is 26.7 Å². The third kappa shape index (κ3) is 6.94. The molecule has 0 aliphatic heterocycles. The fourth-order valence-electron chi connectivity index (χ4n) is 3.15. The molecule has 0 bridgehead atoms. The molecule has 3 rings (SSSR count). The fraction of sp³-hybridized carbons (Fsp3) is 0.318. The van der Waals surface area contributed by atoms with Crippen LogP contribution in [-0.2, 0) is 16.6 Å². The van der Waals surface area contributed by atoms with E-state index in [0.29, 0.717) is 30.0 Å². The van der Waals surface area contributed by atoms with Crippen LogP contribution in [0.1, 0.15) is 12.5 Å². The molecule has 190 valence electrons. The summed E-state index contributed by atoms with van der Waals surface area (Å²) in [5.74, 6) is -1.98. The number of halogens is 3. The van der Waals surface area contributed by atoms with Gasteiger partial charge in [0.1, 0.15) is 27.4 Å². The summed E-state index contributed by atoms with van der Waals surface area (Å²) in [6.45, 7) is 4.22. The molecule has 35 heavy (non-hydrogen) atoms. The van der Waals surface area contributed by atoms with Crippen LogP contribution in [0.25, 0.3) is 0 Å². The number of nitrogens with zero attached hydrogens (tertiary/aromatic N) is 2. The number of anilines is 2. The molecule has 0 spiro atoms. The first kappa shape index (κ1) is 26.9. The molecule has 1 heterocycles. The van der Waals surface area contributed by atoms with E-state index in [1.54, 1.807) is 19.2 Å². The summed E-state index contributed by atoms with van der Waals surface area (Å²) in [7, 11) is -0.975. The van der Waals surface area contributed by atoms with Gasteiger partial charge in [-0.1, -0.05) is 29.9 Å². The summed E-state index contributed by atoms with van der Waals surface area (Å²) in [5, 5.41) is 3.17. The van der Waals surface area contributed by atoms with E-state index in [-0.39, 0.29) is 16.1 Å². The molecule has 8 nitrogen and oxygen atoms in total. The maximum absolute atomic E-state index is 14.7. The Kier molecular flexibility index (Phi) is 9.11. The number of sulfonamides is 1. The van der Waals surface area contributed by atoms with E-state index in [1.807, 2.05) is 24.9 Å². The third-order valence-corrected chi connectivity index (χ3v) is 7.45. The number of aromatic nitrogens is 1. The Bertz CT molecular complexity index is 1270. The van der Waals surface area contributed by atoms with E-state index in [0.717, 1.165) is 30.1 Å². The number of benzene rings is 2. The van der Waals surface area contributed by atoms with Crippen molar-refractivity contribution >= 4 is 43.8 Å². The average molecular weight is 547 g/mol. The van der Waals surface area contributed by atoms with Crippen molar-refractivity contribution in [3.8, 4) is 11.5 Å². The van der Waals surface area contributed by atoms with Crippen LogP contribution >= 0.6 is 22.9 Å². The topological polar surface area (TPSA) is 92.8 Å². The predicted octanol–water partition coefficient (Wildman–Crippen LogP) is 4.51. The predicted molar refractivity (Wildman–Crippen MR) is 133 cm³/mol. The number of nitrogens with one attached hydrogen (secondary N) is 2. The zero-order chi connectivity index (χ0) is 25.6. The highest BCUT2D eigenvalue weighted by atomic mass is 35.5. The number of hydrogen-bond donors (Lipinski definition) is 2. The number of likely N-dealkylation sites (N-methyl/N-ethyl adjacent to an activating group) is 2.